The number of carbonyl (C=O) groups is 1. The lowest BCUT2D eigenvalue weighted by molar-refractivity contribution is 0.0948. The summed E-state index contributed by atoms with van der Waals surface area (Å²) < 4.78 is 5.05. The molecule has 1 heterocycles. The van der Waals surface area contributed by atoms with E-state index in [1.165, 1.54) is 18.5 Å². The normalized spacial score (nSPS) is 9.95. The van der Waals surface area contributed by atoms with Crippen LogP contribution in [0.2, 0.25) is 0 Å². The van der Waals surface area contributed by atoms with Gasteiger partial charge in [-0.3, -0.25) is 9.78 Å². The number of nitrogens with one attached hydrogen (secondary N) is 1. The van der Waals surface area contributed by atoms with Crippen molar-refractivity contribution in [2.75, 3.05) is 7.11 Å². The van der Waals surface area contributed by atoms with Crippen LogP contribution >= 0.6 is 0 Å². The number of aromatic nitrogens is 1. The summed E-state index contributed by atoms with van der Waals surface area (Å²) in [5.41, 5.74) is 1.16. The first-order valence-corrected chi connectivity index (χ1v) is 5.75. The zero-order valence-corrected chi connectivity index (χ0v) is 10.5. The van der Waals surface area contributed by atoms with Gasteiger partial charge in [0.2, 0.25) is 0 Å². The van der Waals surface area contributed by atoms with Gasteiger partial charge in [0.05, 0.1) is 18.9 Å². The van der Waals surface area contributed by atoms with Gasteiger partial charge in [0.25, 0.3) is 5.91 Å². The van der Waals surface area contributed by atoms with Crippen molar-refractivity contribution in [1.29, 1.82) is 0 Å². The van der Waals surface area contributed by atoms with Crippen LogP contribution in [0.5, 0.6) is 11.5 Å². The second kappa shape index (κ2) is 5.86. The maximum absolute atomic E-state index is 11.8. The average Bonchev–Trinajstić information content (AvgIpc) is 2.46. The predicted molar refractivity (Wildman–Crippen MR) is 70.1 cm³/mol. The van der Waals surface area contributed by atoms with Gasteiger partial charge in [-0.1, -0.05) is 12.1 Å². The van der Waals surface area contributed by atoms with E-state index in [0.29, 0.717) is 6.54 Å². The molecular formula is C14H14N2O3. The Bertz CT molecular complexity index is 567. The van der Waals surface area contributed by atoms with Crippen LogP contribution < -0.4 is 10.1 Å². The van der Waals surface area contributed by atoms with Gasteiger partial charge in [-0.15, -0.1) is 0 Å². The number of rotatable bonds is 4. The standard InChI is InChI=1S/C14H14N2O3/c1-19-11-4-2-10(3-5-11)8-16-14(18)12-6-7-15-9-13(12)17/h2-7,9,17H,8H2,1H3,(H,16,18). The first kappa shape index (κ1) is 12.9. The monoisotopic (exact) mass is 258 g/mol. The van der Waals surface area contributed by atoms with E-state index in [1.807, 2.05) is 24.3 Å². The molecule has 98 valence electrons. The Morgan fingerprint density at radius 1 is 1.32 bits per heavy atom. The van der Waals surface area contributed by atoms with Gasteiger partial charge in [0, 0.05) is 12.7 Å². The van der Waals surface area contributed by atoms with Crippen molar-refractivity contribution in [3.63, 3.8) is 0 Å². The fourth-order valence-corrected chi connectivity index (χ4v) is 1.60. The number of methoxy groups -OCH3 is 1. The highest BCUT2D eigenvalue weighted by atomic mass is 16.5. The minimum atomic E-state index is -0.337. The van der Waals surface area contributed by atoms with Gasteiger partial charge < -0.3 is 15.2 Å². The van der Waals surface area contributed by atoms with Crippen LogP contribution in [0.4, 0.5) is 0 Å². The van der Waals surface area contributed by atoms with Gasteiger partial charge in [-0.25, -0.2) is 0 Å². The van der Waals surface area contributed by atoms with Gasteiger partial charge in [0.15, 0.2) is 0 Å². The lowest BCUT2D eigenvalue weighted by atomic mass is 10.2. The molecule has 0 fully saturated rings. The molecule has 0 aliphatic rings. The van der Waals surface area contributed by atoms with Gasteiger partial charge in [-0.2, -0.15) is 0 Å². The van der Waals surface area contributed by atoms with E-state index in [1.54, 1.807) is 7.11 Å². The van der Waals surface area contributed by atoms with Crippen LogP contribution in [-0.2, 0) is 6.54 Å². The van der Waals surface area contributed by atoms with E-state index >= 15 is 0 Å². The number of amides is 1. The number of carbonyl (C=O) groups excluding carboxylic acids is 1. The van der Waals surface area contributed by atoms with E-state index in [4.69, 9.17) is 4.74 Å². The maximum Gasteiger partial charge on any atom is 0.255 e. The van der Waals surface area contributed by atoms with Crippen molar-refractivity contribution in [3.05, 3.63) is 53.9 Å². The lowest BCUT2D eigenvalue weighted by Crippen LogP contribution is -2.22. The van der Waals surface area contributed by atoms with E-state index in [0.717, 1.165) is 11.3 Å². The number of hydrogen-bond acceptors (Lipinski definition) is 4. The van der Waals surface area contributed by atoms with E-state index in [2.05, 4.69) is 10.3 Å². The van der Waals surface area contributed by atoms with Crippen molar-refractivity contribution in [3.8, 4) is 11.5 Å². The number of nitrogens with zero attached hydrogens (tertiary/aromatic N) is 1. The quantitative estimate of drug-likeness (QED) is 0.876. The highest BCUT2D eigenvalue weighted by Gasteiger charge is 2.09. The molecule has 2 rings (SSSR count). The number of benzene rings is 1. The fourth-order valence-electron chi connectivity index (χ4n) is 1.60. The first-order chi connectivity index (χ1) is 9.20. The van der Waals surface area contributed by atoms with Crippen LogP contribution in [0, 0.1) is 0 Å². The zero-order valence-electron chi connectivity index (χ0n) is 10.5. The molecule has 2 aromatic rings. The van der Waals surface area contributed by atoms with Gasteiger partial charge in [-0.05, 0) is 23.8 Å². The summed E-state index contributed by atoms with van der Waals surface area (Å²) in [4.78, 5) is 15.6. The van der Waals surface area contributed by atoms with Crippen molar-refractivity contribution in [1.82, 2.24) is 10.3 Å². The van der Waals surface area contributed by atoms with Crippen molar-refractivity contribution < 1.29 is 14.6 Å². The molecule has 2 N–H and O–H groups in total. The van der Waals surface area contributed by atoms with Crippen molar-refractivity contribution in [2.24, 2.45) is 0 Å². The Hall–Kier alpha value is -2.56. The third-order valence-electron chi connectivity index (χ3n) is 2.66. The molecule has 5 heteroatoms. The number of hydrogen-bond donors (Lipinski definition) is 2. The summed E-state index contributed by atoms with van der Waals surface area (Å²) in [6.45, 7) is 0.380. The molecule has 0 unspecified atom stereocenters. The number of aromatic hydroxyl groups is 1. The van der Waals surface area contributed by atoms with Crippen LogP contribution in [0.1, 0.15) is 15.9 Å². The molecule has 1 aromatic heterocycles. The zero-order chi connectivity index (χ0) is 13.7. The molecule has 0 saturated carbocycles. The smallest absolute Gasteiger partial charge is 0.255 e. The Morgan fingerprint density at radius 3 is 2.68 bits per heavy atom. The molecule has 19 heavy (non-hydrogen) atoms. The maximum atomic E-state index is 11.8. The summed E-state index contributed by atoms with van der Waals surface area (Å²) in [7, 11) is 1.60. The average molecular weight is 258 g/mol. The van der Waals surface area contributed by atoms with Crippen molar-refractivity contribution in [2.45, 2.75) is 6.54 Å². The summed E-state index contributed by atoms with van der Waals surface area (Å²) in [5.74, 6) is 0.298. The minimum Gasteiger partial charge on any atom is -0.505 e. The topological polar surface area (TPSA) is 71.5 Å². The van der Waals surface area contributed by atoms with Gasteiger partial charge >= 0.3 is 0 Å². The van der Waals surface area contributed by atoms with Crippen molar-refractivity contribution >= 4 is 5.91 Å². The molecule has 0 saturated heterocycles. The fraction of sp³-hybridized carbons (Fsp3) is 0.143. The predicted octanol–water partition coefficient (Wildman–Crippen LogP) is 1.73. The molecule has 0 aliphatic carbocycles. The first-order valence-electron chi connectivity index (χ1n) is 5.75. The SMILES string of the molecule is COc1ccc(CNC(=O)c2ccncc2O)cc1. The molecule has 1 amide bonds. The Kier molecular flexibility index (Phi) is 3.97. The second-order valence-corrected chi connectivity index (χ2v) is 3.92. The Labute approximate surface area is 110 Å². The molecule has 0 aliphatic heterocycles. The molecule has 5 nitrogen and oxygen atoms in total. The summed E-state index contributed by atoms with van der Waals surface area (Å²) in [6, 6.07) is 8.85. The van der Waals surface area contributed by atoms with Crippen LogP contribution in [0.3, 0.4) is 0 Å². The summed E-state index contributed by atoms with van der Waals surface area (Å²) >= 11 is 0. The highest BCUT2D eigenvalue weighted by molar-refractivity contribution is 5.96. The van der Waals surface area contributed by atoms with Crippen LogP contribution in [0.15, 0.2) is 42.7 Å². The van der Waals surface area contributed by atoms with E-state index in [9.17, 15) is 9.90 Å². The summed E-state index contributed by atoms with van der Waals surface area (Å²) in [5, 5.41) is 12.2. The third-order valence-corrected chi connectivity index (χ3v) is 2.66. The van der Waals surface area contributed by atoms with Crippen LogP contribution in [-0.4, -0.2) is 23.1 Å². The number of pyridine rings is 1. The molecule has 1 aromatic carbocycles. The molecule has 0 spiro atoms. The largest absolute Gasteiger partial charge is 0.505 e. The Morgan fingerprint density at radius 2 is 2.05 bits per heavy atom. The van der Waals surface area contributed by atoms with E-state index < -0.39 is 0 Å². The summed E-state index contributed by atoms with van der Waals surface area (Å²) in [6.07, 6.45) is 2.70. The van der Waals surface area contributed by atoms with Crippen LogP contribution in [0.25, 0.3) is 0 Å². The molecule has 0 radical (unpaired) electrons. The van der Waals surface area contributed by atoms with E-state index in [-0.39, 0.29) is 17.2 Å². The molecule has 0 atom stereocenters. The molecular weight excluding hydrogens is 244 g/mol. The number of ether oxygens (including phenoxy) is 1. The van der Waals surface area contributed by atoms with Gasteiger partial charge in [0.1, 0.15) is 11.5 Å². The molecule has 0 bridgehead atoms. The lowest BCUT2D eigenvalue weighted by Gasteiger charge is -2.07. The Balaban J connectivity index is 1.98. The third kappa shape index (κ3) is 3.22. The minimum absolute atomic E-state index is 0.130. The second-order valence-electron chi connectivity index (χ2n) is 3.92. The highest BCUT2D eigenvalue weighted by Crippen LogP contribution is 2.14.